The number of fused-ring (bicyclic) bond motifs is 1. The van der Waals surface area contributed by atoms with Crippen LogP contribution in [0.2, 0.25) is 0 Å². The summed E-state index contributed by atoms with van der Waals surface area (Å²) in [6.45, 7) is 0.824. The van der Waals surface area contributed by atoms with Crippen molar-refractivity contribution in [3.05, 3.63) is 29.7 Å². The van der Waals surface area contributed by atoms with Crippen molar-refractivity contribution >= 4 is 18.3 Å². The van der Waals surface area contributed by atoms with Crippen LogP contribution in [-0.4, -0.2) is 29.2 Å². The number of ether oxygens (including phenoxy) is 1. The van der Waals surface area contributed by atoms with E-state index >= 15 is 0 Å². The van der Waals surface area contributed by atoms with Crippen molar-refractivity contribution in [1.29, 1.82) is 0 Å². The number of rotatable bonds is 4. The van der Waals surface area contributed by atoms with Crippen LogP contribution in [0.3, 0.4) is 0 Å². The van der Waals surface area contributed by atoms with Crippen LogP contribution in [0.5, 0.6) is 5.75 Å². The zero-order valence-corrected chi connectivity index (χ0v) is 12.0. The lowest BCUT2D eigenvalue weighted by atomic mass is 10.1. The topological polar surface area (TPSA) is 103 Å². The van der Waals surface area contributed by atoms with Crippen LogP contribution in [-0.2, 0) is 17.8 Å². The largest absolute Gasteiger partial charge is 0.493 e. The maximum atomic E-state index is 11.0. The molecule has 0 bridgehead atoms. The van der Waals surface area contributed by atoms with Gasteiger partial charge in [0.2, 0.25) is 17.6 Å². The van der Waals surface area contributed by atoms with Crippen molar-refractivity contribution in [3.63, 3.8) is 0 Å². The Hall–Kier alpha value is -2.12. The predicted octanol–water partition coefficient (Wildman–Crippen LogP) is 0.668. The minimum Gasteiger partial charge on any atom is -0.493 e. The minimum absolute atomic E-state index is 0. The summed E-state index contributed by atoms with van der Waals surface area (Å²) in [6, 6.07) is 5.79. The van der Waals surface area contributed by atoms with Crippen LogP contribution < -0.4 is 15.8 Å². The first-order valence-electron chi connectivity index (χ1n) is 6.31. The van der Waals surface area contributed by atoms with Crippen molar-refractivity contribution in [2.75, 3.05) is 13.2 Å². The van der Waals surface area contributed by atoms with E-state index < -0.39 is 0 Å². The number of halogens is 1. The fourth-order valence-electron chi connectivity index (χ4n) is 2.02. The normalized spacial score (nSPS) is 12.2. The summed E-state index contributed by atoms with van der Waals surface area (Å²) in [5.41, 5.74) is 7.21. The third kappa shape index (κ3) is 3.32. The Morgan fingerprint density at radius 1 is 1.43 bits per heavy atom. The van der Waals surface area contributed by atoms with E-state index in [4.69, 9.17) is 15.0 Å². The summed E-state index contributed by atoms with van der Waals surface area (Å²) < 4.78 is 10.5. The number of amides is 1. The Morgan fingerprint density at radius 2 is 2.29 bits per heavy atom. The molecule has 0 spiro atoms. The van der Waals surface area contributed by atoms with Gasteiger partial charge in [-0.05, 0) is 23.8 Å². The van der Waals surface area contributed by atoms with Crippen LogP contribution in [0.1, 0.15) is 11.5 Å². The van der Waals surface area contributed by atoms with Crippen molar-refractivity contribution in [2.45, 2.75) is 13.0 Å². The smallest absolute Gasteiger partial charge is 0.246 e. The second kappa shape index (κ2) is 6.55. The molecule has 21 heavy (non-hydrogen) atoms. The average molecular weight is 311 g/mol. The highest BCUT2D eigenvalue weighted by Gasteiger charge is 2.15. The number of hydrogen-bond acceptors (Lipinski definition) is 6. The Morgan fingerprint density at radius 3 is 3.10 bits per heavy atom. The second-order valence-electron chi connectivity index (χ2n) is 4.41. The van der Waals surface area contributed by atoms with Gasteiger partial charge in [0.25, 0.3) is 0 Å². The minimum atomic E-state index is -0.264. The molecule has 7 nitrogen and oxygen atoms in total. The fraction of sp³-hybridized carbons (Fsp3) is 0.308. The molecule has 0 radical (unpaired) electrons. The molecule has 1 aliphatic rings. The highest BCUT2D eigenvalue weighted by Crippen LogP contribution is 2.29. The van der Waals surface area contributed by atoms with Crippen molar-refractivity contribution in [3.8, 4) is 17.1 Å². The van der Waals surface area contributed by atoms with E-state index in [0.29, 0.717) is 18.3 Å². The van der Waals surface area contributed by atoms with Gasteiger partial charge < -0.3 is 20.3 Å². The van der Waals surface area contributed by atoms with Gasteiger partial charge in [0, 0.05) is 12.0 Å². The summed E-state index contributed by atoms with van der Waals surface area (Å²) in [6.07, 6.45) is 0.889. The van der Waals surface area contributed by atoms with E-state index in [1.165, 1.54) is 0 Å². The van der Waals surface area contributed by atoms with Gasteiger partial charge in [-0.2, -0.15) is 4.98 Å². The summed E-state index contributed by atoms with van der Waals surface area (Å²) in [5.74, 6) is 1.49. The molecular weight excluding hydrogens is 296 g/mol. The first kappa shape index (κ1) is 15.3. The number of nitrogens with zero attached hydrogens (tertiary/aromatic N) is 2. The van der Waals surface area contributed by atoms with E-state index in [9.17, 15) is 4.79 Å². The zero-order chi connectivity index (χ0) is 13.9. The van der Waals surface area contributed by atoms with Gasteiger partial charge in [0.15, 0.2) is 0 Å². The van der Waals surface area contributed by atoms with Crippen LogP contribution in [0.25, 0.3) is 11.4 Å². The number of hydrogen-bond donors (Lipinski definition) is 2. The fourth-order valence-corrected chi connectivity index (χ4v) is 2.02. The average Bonchev–Trinajstić information content (AvgIpc) is 3.12. The molecule has 112 valence electrons. The molecule has 0 saturated carbocycles. The van der Waals surface area contributed by atoms with E-state index in [1.807, 2.05) is 18.2 Å². The molecule has 1 aliphatic heterocycles. The molecule has 8 heteroatoms. The van der Waals surface area contributed by atoms with Crippen LogP contribution in [0.15, 0.2) is 22.7 Å². The van der Waals surface area contributed by atoms with Gasteiger partial charge in [0.1, 0.15) is 5.75 Å². The molecule has 1 aromatic carbocycles. The highest BCUT2D eigenvalue weighted by atomic mass is 35.5. The van der Waals surface area contributed by atoms with Gasteiger partial charge >= 0.3 is 0 Å². The van der Waals surface area contributed by atoms with E-state index in [0.717, 1.165) is 23.3 Å². The predicted molar refractivity (Wildman–Crippen MR) is 77.1 cm³/mol. The second-order valence-corrected chi connectivity index (χ2v) is 4.41. The molecule has 2 aromatic rings. The molecule has 0 aliphatic carbocycles. The van der Waals surface area contributed by atoms with Crippen molar-refractivity contribution in [1.82, 2.24) is 15.5 Å². The molecule has 3 N–H and O–H groups in total. The summed E-state index contributed by atoms with van der Waals surface area (Å²) in [4.78, 5) is 15.3. The summed E-state index contributed by atoms with van der Waals surface area (Å²) in [7, 11) is 0. The third-order valence-electron chi connectivity index (χ3n) is 3.04. The van der Waals surface area contributed by atoms with Gasteiger partial charge in [0.05, 0.1) is 19.7 Å². The number of carbonyl (C=O) groups excluding carboxylic acids is 1. The Labute approximate surface area is 127 Å². The van der Waals surface area contributed by atoms with E-state index in [2.05, 4.69) is 15.5 Å². The highest BCUT2D eigenvalue weighted by molar-refractivity contribution is 5.85. The maximum Gasteiger partial charge on any atom is 0.246 e. The van der Waals surface area contributed by atoms with Crippen LogP contribution in [0, 0.1) is 0 Å². The van der Waals surface area contributed by atoms with Gasteiger partial charge in [-0.3, -0.25) is 4.79 Å². The molecule has 0 unspecified atom stereocenters. The summed E-state index contributed by atoms with van der Waals surface area (Å²) in [5, 5.41) is 6.48. The van der Waals surface area contributed by atoms with Crippen molar-refractivity contribution < 1.29 is 14.1 Å². The first-order chi connectivity index (χ1) is 9.76. The molecule has 1 aromatic heterocycles. The quantitative estimate of drug-likeness (QED) is 0.860. The lowest BCUT2D eigenvalue weighted by Gasteiger charge is -1.99. The third-order valence-corrected chi connectivity index (χ3v) is 3.04. The molecule has 0 atom stereocenters. The van der Waals surface area contributed by atoms with Gasteiger partial charge in [-0.1, -0.05) is 5.16 Å². The zero-order valence-electron chi connectivity index (χ0n) is 11.2. The number of carbonyl (C=O) groups is 1. The van der Waals surface area contributed by atoms with Gasteiger partial charge in [-0.25, -0.2) is 0 Å². The monoisotopic (exact) mass is 310 g/mol. The lowest BCUT2D eigenvalue weighted by molar-refractivity contribution is -0.120. The van der Waals surface area contributed by atoms with E-state index in [1.54, 1.807) is 0 Å². The van der Waals surface area contributed by atoms with Crippen LogP contribution >= 0.6 is 12.4 Å². The van der Waals surface area contributed by atoms with E-state index in [-0.39, 0.29) is 31.4 Å². The Kier molecular flexibility index (Phi) is 4.77. The lowest BCUT2D eigenvalue weighted by Crippen LogP contribution is -2.29. The first-order valence-corrected chi connectivity index (χ1v) is 6.31. The summed E-state index contributed by atoms with van der Waals surface area (Å²) >= 11 is 0. The number of nitrogens with two attached hydrogens (primary N) is 1. The van der Waals surface area contributed by atoms with Crippen molar-refractivity contribution in [2.24, 2.45) is 5.73 Å². The number of nitrogens with one attached hydrogen (secondary N) is 1. The number of aromatic nitrogens is 2. The molecule has 0 saturated heterocycles. The Balaban J connectivity index is 0.00000161. The molecule has 1 amide bonds. The van der Waals surface area contributed by atoms with Crippen LogP contribution in [0.4, 0.5) is 0 Å². The molecule has 3 rings (SSSR count). The molecule has 2 heterocycles. The Bertz CT molecular complexity index is 644. The SMILES string of the molecule is Cl.NCC(=O)NCc1nc(-c2ccc3c(c2)CCO3)no1. The molecule has 0 fully saturated rings. The standard InChI is InChI=1S/C13H14N4O3.ClH/c14-6-11(18)15-7-12-16-13(17-20-12)9-1-2-10-8(5-9)3-4-19-10;/h1-2,5H,3-4,6-7,14H2,(H,15,18);1H. The maximum absolute atomic E-state index is 11.0. The van der Waals surface area contributed by atoms with Gasteiger partial charge in [-0.15, -0.1) is 12.4 Å². The number of benzene rings is 1. The molecular formula is C13H15ClN4O3.